The van der Waals surface area contributed by atoms with Gasteiger partial charge in [-0.25, -0.2) is 4.39 Å². The van der Waals surface area contributed by atoms with Crippen LogP contribution in [0.4, 0.5) is 4.39 Å². The Morgan fingerprint density at radius 3 is 2.29 bits per heavy atom. The topological polar surface area (TPSA) is 60.9 Å². The molecule has 28 heavy (non-hydrogen) atoms. The summed E-state index contributed by atoms with van der Waals surface area (Å²) in [4.78, 5) is 28.8. The number of aliphatic hydroxyl groups is 1. The maximum absolute atomic E-state index is 13.3. The number of benzene rings is 2. The smallest absolute Gasteiger partial charge is 0.277 e. The summed E-state index contributed by atoms with van der Waals surface area (Å²) in [6, 6.07) is 12.7. The minimum atomic E-state index is -0.426. The number of aliphatic hydroxyl groups excluding tert-OH is 1. The fraction of sp³-hybridized carbons (Fsp3) is 0.238. The van der Waals surface area contributed by atoms with Gasteiger partial charge in [0.2, 0.25) is 0 Å². The van der Waals surface area contributed by atoms with Gasteiger partial charge in [0.25, 0.3) is 11.8 Å². The summed E-state index contributed by atoms with van der Waals surface area (Å²) in [5.41, 5.74) is 1.85. The van der Waals surface area contributed by atoms with Crippen LogP contribution in [0.1, 0.15) is 11.1 Å². The fourth-order valence-corrected chi connectivity index (χ4v) is 3.28. The molecule has 146 valence electrons. The van der Waals surface area contributed by atoms with Gasteiger partial charge in [-0.3, -0.25) is 14.5 Å². The van der Waals surface area contributed by atoms with E-state index in [1.807, 2.05) is 12.1 Å². The fourth-order valence-electron chi connectivity index (χ4n) is 3.15. The van der Waals surface area contributed by atoms with E-state index in [4.69, 9.17) is 11.6 Å². The first kappa shape index (κ1) is 20.0. The molecule has 7 heteroatoms. The Bertz CT molecular complexity index is 910. The lowest BCUT2D eigenvalue weighted by Crippen LogP contribution is -2.36. The van der Waals surface area contributed by atoms with Gasteiger partial charge in [0.05, 0.1) is 12.2 Å². The van der Waals surface area contributed by atoms with Crippen LogP contribution in [0, 0.1) is 5.82 Å². The number of hydrogen-bond donors (Lipinski definition) is 1. The zero-order chi connectivity index (χ0) is 20.3. The largest absolute Gasteiger partial charge is 0.395 e. The molecule has 1 aliphatic heterocycles. The second-order valence-electron chi connectivity index (χ2n) is 6.51. The SMILES string of the molecule is CN(CCO)C1=C(c2ccc(F)cc2)C(=O)N(CCc2ccc(Cl)cc2)C1=O. The second kappa shape index (κ2) is 8.54. The monoisotopic (exact) mass is 402 g/mol. The highest BCUT2D eigenvalue weighted by molar-refractivity contribution is 6.35. The van der Waals surface area contributed by atoms with Crippen LogP contribution < -0.4 is 0 Å². The van der Waals surface area contributed by atoms with E-state index in [1.54, 1.807) is 24.1 Å². The molecule has 0 fully saturated rings. The highest BCUT2D eigenvalue weighted by Gasteiger charge is 2.40. The summed E-state index contributed by atoms with van der Waals surface area (Å²) in [6.45, 7) is 0.244. The number of hydrogen-bond acceptors (Lipinski definition) is 4. The Hall–Kier alpha value is -2.70. The van der Waals surface area contributed by atoms with E-state index >= 15 is 0 Å². The summed E-state index contributed by atoms with van der Waals surface area (Å²) >= 11 is 5.89. The van der Waals surface area contributed by atoms with Crippen molar-refractivity contribution in [3.8, 4) is 0 Å². The lowest BCUT2D eigenvalue weighted by molar-refractivity contribution is -0.137. The van der Waals surface area contributed by atoms with E-state index in [9.17, 15) is 19.1 Å². The third-order valence-electron chi connectivity index (χ3n) is 4.63. The summed E-state index contributed by atoms with van der Waals surface area (Å²) in [5.74, 6) is -1.27. The maximum Gasteiger partial charge on any atom is 0.277 e. The zero-order valence-electron chi connectivity index (χ0n) is 15.4. The van der Waals surface area contributed by atoms with Gasteiger partial charge < -0.3 is 10.0 Å². The molecule has 2 amide bonds. The van der Waals surface area contributed by atoms with E-state index < -0.39 is 17.6 Å². The number of nitrogens with zero attached hydrogens (tertiary/aromatic N) is 2. The number of carbonyl (C=O) groups excluding carboxylic acids is 2. The predicted octanol–water partition coefficient (Wildman–Crippen LogP) is 2.73. The van der Waals surface area contributed by atoms with Crippen molar-refractivity contribution >= 4 is 29.0 Å². The lowest BCUT2D eigenvalue weighted by Gasteiger charge is -2.20. The standard InChI is InChI=1S/C21H20ClFN2O3/c1-24(12-13-26)19-18(15-4-8-17(23)9-5-15)20(27)25(21(19)28)11-10-14-2-6-16(22)7-3-14/h2-9,26H,10-13H2,1H3. The molecule has 2 aromatic rings. The molecule has 5 nitrogen and oxygen atoms in total. The molecule has 0 radical (unpaired) electrons. The van der Waals surface area contributed by atoms with Crippen LogP contribution in [0.5, 0.6) is 0 Å². The molecule has 1 aliphatic rings. The zero-order valence-corrected chi connectivity index (χ0v) is 16.1. The number of imide groups is 1. The number of likely N-dealkylation sites (N-methyl/N-ethyl adjacent to an activating group) is 1. The average Bonchev–Trinajstić information content (AvgIpc) is 2.92. The quantitative estimate of drug-likeness (QED) is 0.723. The molecule has 2 aromatic carbocycles. The molecule has 0 saturated carbocycles. The minimum absolute atomic E-state index is 0.164. The molecule has 0 saturated heterocycles. The third-order valence-corrected chi connectivity index (χ3v) is 4.88. The van der Waals surface area contributed by atoms with Crippen LogP contribution in [-0.2, 0) is 16.0 Å². The number of amides is 2. The molecule has 0 unspecified atom stereocenters. The molecule has 0 bridgehead atoms. The Morgan fingerprint density at radius 1 is 1.04 bits per heavy atom. The molecule has 0 spiro atoms. The highest BCUT2D eigenvalue weighted by atomic mass is 35.5. The number of carbonyl (C=O) groups is 2. The maximum atomic E-state index is 13.3. The first-order valence-corrected chi connectivity index (χ1v) is 9.23. The van der Waals surface area contributed by atoms with Crippen LogP contribution >= 0.6 is 11.6 Å². The van der Waals surface area contributed by atoms with E-state index in [2.05, 4.69) is 0 Å². The van der Waals surface area contributed by atoms with Gasteiger partial charge in [0, 0.05) is 25.2 Å². The lowest BCUT2D eigenvalue weighted by atomic mass is 10.0. The van der Waals surface area contributed by atoms with Crippen molar-refractivity contribution in [1.82, 2.24) is 9.80 Å². The predicted molar refractivity (Wildman–Crippen MR) is 105 cm³/mol. The summed E-state index contributed by atoms with van der Waals surface area (Å²) in [6.07, 6.45) is 0.488. The van der Waals surface area contributed by atoms with Crippen molar-refractivity contribution in [2.24, 2.45) is 0 Å². The van der Waals surface area contributed by atoms with E-state index in [-0.39, 0.29) is 31.0 Å². The molecule has 0 atom stereocenters. The Balaban J connectivity index is 1.89. The molecule has 3 rings (SSSR count). The molecule has 0 aliphatic carbocycles. The average molecular weight is 403 g/mol. The van der Waals surface area contributed by atoms with Crippen molar-refractivity contribution in [3.63, 3.8) is 0 Å². The van der Waals surface area contributed by atoms with Crippen LogP contribution in [0.2, 0.25) is 5.02 Å². The third kappa shape index (κ3) is 4.08. The Morgan fingerprint density at radius 2 is 1.68 bits per heavy atom. The molecular formula is C21H20ClFN2O3. The minimum Gasteiger partial charge on any atom is -0.395 e. The first-order valence-electron chi connectivity index (χ1n) is 8.85. The van der Waals surface area contributed by atoms with Gasteiger partial charge in [-0.1, -0.05) is 35.9 Å². The van der Waals surface area contributed by atoms with Crippen LogP contribution in [0.15, 0.2) is 54.2 Å². The number of halogens is 2. The first-order chi connectivity index (χ1) is 13.4. The summed E-state index contributed by atoms with van der Waals surface area (Å²) in [5, 5.41) is 9.86. The van der Waals surface area contributed by atoms with E-state index in [0.29, 0.717) is 17.0 Å². The van der Waals surface area contributed by atoms with Crippen LogP contribution in [0.3, 0.4) is 0 Å². The Kier molecular flexibility index (Phi) is 6.11. The van der Waals surface area contributed by atoms with Gasteiger partial charge in [-0.05, 0) is 41.8 Å². The summed E-state index contributed by atoms with van der Waals surface area (Å²) in [7, 11) is 1.64. The van der Waals surface area contributed by atoms with E-state index in [1.165, 1.54) is 29.2 Å². The Labute approximate surface area is 167 Å². The van der Waals surface area contributed by atoms with E-state index in [0.717, 1.165) is 5.56 Å². The molecular weight excluding hydrogens is 383 g/mol. The van der Waals surface area contributed by atoms with Crippen LogP contribution in [-0.4, -0.2) is 53.5 Å². The second-order valence-corrected chi connectivity index (χ2v) is 6.95. The highest BCUT2D eigenvalue weighted by Crippen LogP contribution is 2.31. The van der Waals surface area contributed by atoms with Gasteiger partial charge >= 0.3 is 0 Å². The van der Waals surface area contributed by atoms with Gasteiger partial charge in [0.15, 0.2) is 0 Å². The normalized spacial score (nSPS) is 14.2. The van der Waals surface area contributed by atoms with Crippen molar-refractivity contribution in [2.45, 2.75) is 6.42 Å². The molecule has 1 N–H and O–H groups in total. The number of rotatable bonds is 7. The van der Waals surface area contributed by atoms with Crippen molar-refractivity contribution in [2.75, 3.05) is 26.7 Å². The van der Waals surface area contributed by atoms with Gasteiger partial charge in [-0.15, -0.1) is 0 Å². The molecule has 1 heterocycles. The van der Waals surface area contributed by atoms with Gasteiger partial charge in [-0.2, -0.15) is 0 Å². The summed E-state index contributed by atoms with van der Waals surface area (Å²) < 4.78 is 13.3. The van der Waals surface area contributed by atoms with Gasteiger partial charge in [0.1, 0.15) is 11.5 Å². The van der Waals surface area contributed by atoms with Crippen molar-refractivity contribution in [3.05, 3.63) is 76.2 Å². The van der Waals surface area contributed by atoms with Crippen molar-refractivity contribution < 1.29 is 19.1 Å². The van der Waals surface area contributed by atoms with Crippen LogP contribution in [0.25, 0.3) is 5.57 Å². The van der Waals surface area contributed by atoms with Crippen molar-refractivity contribution in [1.29, 1.82) is 0 Å². The molecule has 0 aromatic heterocycles.